The number of benzene rings is 2. The molecule has 1 atom stereocenters. The second-order valence-corrected chi connectivity index (χ2v) is 7.59. The van der Waals surface area contributed by atoms with Gasteiger partial charge in [-0.15, -0.1) is 0 Å². The van der Waals surface area contributed by atoms with Gasteiger partial charge in [-0.05, 0) is 62.8 Å². The zero-order valence-corrected chi connectivity index (χ0v) is 16.8. The highest BCUT2D eigenvalue weighted by molar-refractivity contribution is 5.71. The van der Waals surface area contributed by atoms with Gasteiger partial charge in [0.05, 0.1) is 13.5 Å². The van der Waals surface area contributed by atoms with Crippen LogP contribution in [-0.4, -0.2) is 18.7 Å². The summed E-state index contributed by atoms with van der Waals surface area (Å²) in [4.78, 5) is 11.8. The third-order valence-electron chi connectivity index (χ3n) is 5.54. The molecule has 0 aromatic heterocycles. The maximum atomic E-state index is 11.8. The van der Waals surface area contributed by atoms with Gasteiger partial charge < -0.3 is 14.2 Å². The number of esters is 1. The second kappa shape index (κ2) is 7.63. The highest BCUT2D eigenvalue weighted by Crippen LogP contribution is 2.44. The van der Waals surface area contributed by atoms with Crippen LogP contribution in [0.4, 0.5) is 0 Å². The molecule has 0 unspecified atom stereocenters. The van der Waals surface area contributed by atoms with E-state index in [1.807, 2.05) is 25.1 Å². The van der Waals surface area contributed by atoms with Crippen LogP contribution in [-0.2, 0) is 22.6 Å². The molecule has 0 amide bonds. The van der Waals surface area contributed by atoms with Crippen molar-refractivity contribution in [3.8, 4) is 11.5 Å². The summed E-state index contributed by atoms with van der Waals surface area (Å²) in [6.07, 6.45) is 1.89. The molecule has 144 valence electrons. The first-order chi connectivity index (χ1) is 12.8. The molecule has 27 heavy (non-hydrogen) atoms. The SMILES string of the molecule is COC(=O)C[C@]1(C)CCc2c(C)c(OCc3ccccc3)c(C)c(C)c2O1. The molecule has 0 bridgehead atoms. The number of carbonyl (C=O) groups is 1. The van der Waals surface area contributed by atoms with Crippen molar-refractivity contribution in [2.45, 2.75) is 59.2 Å². The number of carbonyl (C=O) groups excluding carboxylic acids is 1. The Hall–Kier alpha value is -2.49. The maximum Gasteiger partial charge on any atom is 0.309 e. The van der Waals surface area contributed by atoms with Gasteiger partial charge in [-0.25, -0.2) is 0 Å². The van der Waals surface area contributed by atoms with Crippen LogP contribution in [0.5, 0.6) is 11.5 Å². The van der Waals surface area contributed by atoms with Crippen LogP contribution in [0.15, 0.2) is 30.3 Å². The van der Waals surface area contributed by atoms with Gasteiger partial charge in [0.1, 0.15) is 23.7 Å². The van der Waals surface area contributed by atoms with Crippen molar-refractivity contribution in [1.82, 2.24) is 0 Å². The lowest BCUT2D eigenvalue weighted by Gasteiger charge is -2.37. The summed E-state index contributed by atoms with van der Waals surface area (Å²) in [6, 6.07) is 10.2. The number of rotatable bonds is 5. The minimum atomic E-state index is -0.532. The lowest BCUT2D eigenvalue weighted by Crippen LogP contribution is -2.39. The first kappa shape index (κ1) is 19.3. The molecule has 0 saturated carbocycles. The predicted molar refractivity (Wildman–Crippen MR) is 105 cm³/mol. The third-order valence-corrected chi connectivity index (χ3v) is 5.54. The topological polar surface area (TPSA) is 44.8 Å². The van der Waals surface area contributed by atoms with E-state index in [4.69, 9.17) is 14.2 Å². The Morgan fingerprint density at radius 2 is 1.81 bits per heavy atom. The highest BCUT2D eigenvalue weighted by atomic mass is 16.5. The summed E-state index contributed by atoms with van der Waals surface area (Å²) < 4.78 is 17.4. The van der Waals surface area contributed by atoms with Crippen LogP contribution in [0.1, 0.15) is 47.6 Å². The molecule has 0 spiro atoms. The molecule has 1 heterocycles. The van der Waals surface area contributed by atoms with Crippen molar-refractivity contribution in [3.05, 3.63) is 58.1 Å². The first-order valence-corrected chi connectivity index (χ1v) is 9.40. The zero-order valence-electron chi connectivity index (χ0n) is 16.8. The summed E-state index contributed by atoms with van der Waals surface area (Å²) in [7, 11) is 1.42. The van der Waals surface area contributed by atoms with Crippen LogP contribution in [0, 0.1) is 20.8 Å². The van der Waals surface area contributed by atoms with Crippen molar-refractivity contribution >= 4 is 5.97 Å². The Bertz CT molecular complexity index is 841. The van der Waals surface area contributed by atoms with E-state index in [9.17, 15) is 4.79 Å². The van der Waals surface area contributed by atoms with Crippen LogP contribution < -0.4 is 9.47 Å². The maximum absolute atomic E-state index is 11.8. The Morgan fingerprint density at radius 3 is 2.48 bits per heavy atom. The van der Waals surface area contributed by atoms with E-state index in [0.717, 1.165) is 46.6 Å². The zero-order chi connectivity index (χ0) is 19.6. The van der Waals surface area contributed by atoms with Gasteiger partial charge in [0.2, 0.25) is 0 Å². The summed E-state index contributed by atoms with van der Waals surface area (Å²) in [5.41, 5.74) is 5.09. The van der Waals surface area contributed by atoms with Gasteiger partial charge in [-0.1, -0.05) is 30.3 Å². The number of hydrogen-bond acceptors (Lipinski definition) is 4. The Labute approximate surface area is 161 Å². The van der Waals surface area contributed by atoms with Gasteiger partial charge in [0, 0.05) is 5.56 Å². The molecule has 4 heteroatoms. The first-order valence-electron chi connectivity index (χ1n) is 9.40. The number of ether oxygens (including phenoxy) is 3. The van der Waals surface area contributed by atoms with Crippen molar-refractivity contribution in [1.29, 1.82) is 0 Å². The van der Waals surface area contributed by atoms with Crippen LogP contribution >= 0.6 is 0 Å². The Kier molecular flexibility index (Phi) is 5.45. The fourth-order valence-electron chi connectivity index (χ4n) is 3.73. The molecule has 0 N–H and O–H groups in total. The van der Waals surface area contributed by atoms with Crippen LogP contribution in [0.3, 0.4) is 0 Å². The van der Waals surface area contributed by atoms with E-state index in [0.29, 0.717) is 6.61 Å². The molecule has 1 aliphatic heterocycles. The smallest absolute Gasteiger partial charge is 0.309 e. The largest absolute Gasteiger partial charge is 0.488 e. The molecule has 0 fully saturated rings. The van der Waals surface area contributed by atoms with Crippen molar-refractivity contribution in [2.75, 3.05) is 7.11 Å². The van der Waals surface area contributed by atoms with Crippen molar-refractivity contribution in [3.63, 3.8) is 0 Å². The molecular formula is C23H28O4. The summed E-state index contributed by atoms with van der Waals surface area (Å²) in [5.74, 6) is 1.60. The molecule has 0 radical (unpaired) electrons. The van der Waals surface area contributed by atoms with E-state index in [-0.39, 0.29) is 12.4 Å². The highest BCUT2D eigenvalue weighted by Gasteiger charge is 2.37. The van der Waals surface area contributed by atoms with Gasteiger partial charge >= 0.3 is 5.97 Å². The molecule has 1 aliphatic rings. The van der Waals surface area contributed by atoms with E-state index in [1.165, 1.54) is 12.7 Å². The third kappa shape index (κ3) is 3.95. The van der Waals surface area contributed by atoms with E-state index < -0.39 is 5.60 Å². The normalized spacial score (nSPS) is 18.4. The molecule has 2 aromatic rings. The quantitative estimate of drug-likeness (QED) is 0.709. The lowest BCUT2D eigenvalue weighted by atomic mass is 9.85. The van der Waals surface area contributed by atoms with Crippen molar-refractivity contribution < 1.29 is 19.0 Å². The van der Waals surface area contributed by atoms with Crippen molar-refractivity contribution in [2.24, 2.45) is 0 Å². The van der Waals surface area contributed by atoms with Gasteiger partial charge in [0.25, 0.3) is 0 Å². The summed E-state index contributed by atoms with van der Waals surface area (Å²) in [6.45, 7) is 8.75. The van der Waals surface area contributed by atoms with Gasteiger partial charge in [0.15, 0.2) is 0 Å². The van der Waals surface area contributed by atoms with Gasteiger partial charge in [-0.2, -0.15) is 0 Å². The average Bonchev–Trinajstić information content (AvgIpc) is 2.66. The van der Waals surface area contributed by atoms with Gasteiger partial charge in [-0.3, -0.25) is 4.79 Å². The minimum Gasteiger partial charge on any atom is -0.488 e. The number of methoxy groups -OCH3 is 1. The minimum absolute atomic E-state index is 0.241. The van der Waals surface area contributed by atoms with E-state index in [1.54, 1.807) is 0 Å². The summed E-state index contributed by atoms with van der Waals surface area (Å²) >= 11 is 0. The fourth-order valence-corrected chi connectivity index (χ4v) is 3.73. The van der Waals surface area contributed by atoms with E-state index in [2.05, 4.69) is 32.9 Å². The molecule has 3 rings (SSSR count). The fraction of sp³-hybridized carbons (Fsp3) is 0.435. The number of hydrogen-bond donors (Lipinski definition) is 0. The Morgan fingerprint density at radius 1 is 1.11 bits per heavy atom. The molecule has 2 aromatic carbocycles. The Balaban J connectivity index is 1.89. The standard InChI is InChI=1S/C23H28O4/c1-15-16(2)22-19(11-12-23(4,27-22)13-20(24)25-5)17(3)21(15)26-14-18-9-7-6-8-10-18/h6-10H,11-14H2,1-5H3/t23-/m0/s1. The predicted octanol–water partition coefficient (Wildman–Crippen LogP) is 4.84. The molecule has 0 aliphatic carbocycles. The molecular weight excluding hydrogens is 340 g/mol. The van der Waals surface area contributed by atoms with Crippen LogP contribution in [0.2, 0.25) is 0 Å². The average molecular weight is 368 g/mol. The molecule has 4 nitrogen and oxygen atoms in total. The summed E-state index contributed by atoms with van der Waals surface area (Å²) in [5, 5.41) is 0. The second-order valence-electron chi connectivity index (χ2n) is 7.59. The number of fused-ring (bicyclic) bond motifs is 1. The van der Waals surface area contributed by atoms with E-state index >= 15 is 0 Å². The van der Waals surface area contributed by atoms with Crippen LogP contribution in [0.25, 0.3) is 0 Å². The monoisotopic (exact) mass is 368 g/mol. The molecule has 0 saturated heterocycles. The lowest BCUT2D eigenvalue weighted by molar-refractivity contribution is -0.145.